The highest BCUT2D eigenvalue weighted by atomic mass is 35.5. The summed E-state index contributed by atoms with van der Waals surface area (Å²) in [7, 11) is 0. The van der Waals surface area contributed by atoms with Gasteiger partial charge in [-0.15, -0.1) is 0 Å². The lowest BCUT2D eigenvalue weighted by Crippen LogP contribution is -2.34. The Bertz CT molecular complexity index is 746. The Morgan fingerprint density at radius 3 is 2.64 bits per heavy atom. The number of amides is 1. The molecule has 0 unspecified atom stereocenters. The molecule has 1 aliphatic heterocycles. The first-order chi connectivity index (χ1) is 12.1. The predicted octanol–water partition coefficient (Wildman–Crippen LogP) is 4.10. The van der Waals surface area contributed by atoms with Crippen molar-refractivity contribution in [1.29, 1.82) is 0 Å². The summed E-state index contributed by atoms with van der Waals surface area (Å²) in [5.41, 5.74) is 1.81. The third-order valence-corrected chi connectivity index (χ3v) is 4.62. The van der Waals surface area contributed by atoms with E-state index in [0.29, 0.717) is 28.6 Å². The molecule has 4 nitrogen and oxygen atoms in total. The lowest BCUT2D eigenvalue weighted by atomic mass is 10.0. The molecule has 2 aromatic carbocycles. The highest BCUT2D eigenvalue weighted by Gasteiger charge is 2.32. The zero-order chi connectivity index (χ0) is 17.8. The fraction of sp³-hybridized carbons (Fsp3) is 0.316. The van der Waals surface area contributed by atoms with Crippen LogP contribution in [-0.2, 0) is 11.2 Å². The number of carbonyl (C=O) groups excluding carboxylic acids is 1. The number of carbonyl (C=O) groups is 1. The molecule has 0 spiro atoms. The minimum absolute atomic E-state index is 0.0232. The van der Waals surface area contributed by atoms with Crippen LogP contribution >= 0.6 is 23.2 Å². The van der Waals surface area contributed by atoms with Gasteiger partial charge in [0.15, 0.2) is 0 Å². The van der Waals surface area contributed by atoms with Gasteiger partial charge >= 0.3 is 0 Å². The van der Waals surface area contributed by atoms with Crippen LogP contribution in [0, 0.1) is 0 Å². The van der Waals surface area contributed by atoms with Crippen molar-refractivity contribution >= 4 is 34.8 Å². The molecule has 25 heavy (non-hydrogen) atoms. The number of benzene rings is 2. The minimum atomic E-state index is -0.0232. The van der Waals surface area contributed by atoms with Crippen molar-refractivity contribution in [2.75, 3.05) is 18.1 Å². The van der Waals surface area contributed by atoms with Gasteiger partial charge in [-0.3, -0.25) is 4.79 Å². The third kappa shape index (κ3) is 4.46. The van der Waals surface area contributed by atoms with Gasteiger partial charge in [0.25, 0.3) is 0 Å². The summed E-state index contributed by atoms with van der Waals surface area (Å²) in [5.74, 6) is 0.796. The van der Waals surface area contributed by atoms with Crippen LogP contribution in [0.15, 0.2) is 42.5 Å². The molecule has 3 rings (SSSR count). The first-order valence-corrected chi connectivity index (χ1v) is 8.93. The minimum Gasteiger partial charge on any atom is -0.491 e. The summed E-state index contributed by atoms with van der Waals surface area (Å²) in [4.78, 5) is 14.2. The second kappa shape index (κ2) is 8.09. The van der Waals surface area contributed by atoms with Crippen LogP contribution in [0.3, 0.4) is 0 Å². The van der Waals surface area contributed by atoms with Gasteiger partial charge in [0, 0.05) is 28.2 Å². The topological polar surface area (TPSA) is 49.8 Å². The lowest BCUT2D eigenvalue weighted by molar-refractivity contribution is -0.117. The average molecular weight is 380 g/mol. The fourth-order valence-corrected chi connectivity index (χ4v) is 3.68. The Hall–Kier alpha value is -1.75. The monoisotopic (exact) mass is 379 g/mol. The molecule has 0 aromatic heterocycles. The average Bonchev–Trinajstić information content (AvgIpc) is 2.93. The van der Waals surface area contributed by atoms with Crippen molar-refractivity contribution < 1.29 is 14.6 Å². The van der Waals surface area contributed by atoms with E-state index in [-0.39, 0.29) is 25.2 Å². The van der Waals surface area contributed by atoms with Crippen LogP contribution in [-0.4, -0.2) is 30.3 Å². The van der Waals surface area contributed by atoms with Crippen molar-refractivity contribution in [2.24, 2.45) is 0 Å². The summed E-state index contributed by atoms with van der Waals surface area (Å²) in [6, 6.07) is 13.0. The van der Waals surface area contributed by atoms with E-state index in [1.54, 1.807) is 23.1 Å². The van der Waals surface area contributed by atoms with Gasteiger partial charge in [-0.25, -0.2) is 0 Å². The number of rotatable bonds is 6. The van der Waals surface area contributed by atoms with Crippen LogP contribution < -0.4 is 9.64 Å². The smallest absolute Gasteiger partial charge is 0.227 e. The molecule has 0 bridgehead atoms. The van der Waals surface area contributed by atoms with Crippen LogP contribution in [0.4, 0.5) is 5.69 Å². The summed E-state index contributed by atoms with van der Waals surface area (Å²) < 4.78 is 5.46. The Morgan fingerprint density at radius 2 is 1.92 bits per heavy atom. The number of ether oxygens (including phenoxy) is 1. The van der Waals surface area contributed by atoms with Gasteiger partial charge in [-0.05, 0) is 48.7 Å². The quantitative estimate of drug-likeness (QED) is 0.821. The number of nitrogens with zero attached hydrogens (tertiary/aromatic N) is 1. The maximum absolute atomic E-state index is 12.4. The number of hydrogen-bond acceptors (Lipinski definition) is 3. The second-order valence-electron chi connectivity index (χ2n) is 6.01. The van der Waals surface area contributed by atoms with Gasteiger partial charge in [0.2, 0.25) is 5.91 Å². The molecule has 0 saturated carbocycles. The van der Waals surface area contributed by atoms with E-state index in [9.17, 15) is 4.79 Å². The first-order valence-electron chi connectivity index (χ1n) is 8.17. The standard InChI is InChI=1S/C19H19Cl2NO3/c20-14-10-15(21)12-17(11-14)22-16(4-5-19(22)24)8-13-2-1-3-18(9-13)25-7-6-23/h1-3,9-12,16,23H,4-8H2/t16-/m0/s1. The molecule has 1 aliphatic rings. The van der Waals surface area contributed by atoms with Crippen molar-refractivity contribution in [3.63, 3.8) is 0 Å². The van der Waals surface area contributed by atoms with E-state index < -0.39 is 0 Å². The Balaban J connectivity index is 1.80. The second-order valence-corrected chi connectivity index (χ2v) is 6.88. The van der Waals surface area contributed by atoms with Crippen molar-refractivity contribution in [3.05, 3.63) is 58.1 Å². The maximum atomic E-state index is 12.4. The Morgan fingerprint density at radius 1 is 1.16 bits per heavy atom. The normalized spacial score (nSPS) is 17.2. The van der Waals surface area contributed by atoms with Crippen LogP contribution in [0.1, 0.15) is 18.4 Å². The largest absolute Gasteiger partial charge is 0.491 e. The fourth-order valence-electron chi connectivity index (χ4n) is 3.17. The summed E-state index contributed by atoms with van der Waals surface area (Å²) in [6.45, 7) is 0.239. The molecule has 2 aromatic rings. The van der Waals surface area contributed by atoms with E-state index in [1.165, 1.54) is 0 Å². The van der Waals surface area contributed by atoms with Crippen LogP contribution in [0.5, 0.6) is 5.75 Å². The third-order valence-electron chi connectivity index (χ3n) is 4.18. The Labute approximate surface area is 156 Å². The molecule has 1 heterocycles. The maximum Gasteiger partial charge on any atom is 0.227 e. The molecule has 0 radical (unpaired) electrons. The number of aliphatic hydroxyl groups is 1. The van der Waals surface area contributed by atoms with Gasteiger partial charge in [0.05, 0.1) is 6.61 Å². The molecule has 1 atom stereocenters. The SMILES string of the molecule is O=C1CC[C@@H](Cc2cccc(OCCO)c2)N1c1cc(Cl)cc(Cl)c1. The molecular formula is C19H19Cl2NO3. The summed E-state index contributed by atoms with van der Waals surface area (Å²) in [6.07, 6.45) is 2.01. The van der Waals surface area contributed by atoms with Gasteiger partial charge in [-0.1, -0.05) is 35.3 Å². The number of hydrogen-bond donors (Lipinski definition) is 1. The lowest BCUT2D eigenvalue weighted by Gasteiger charge is -2.25. The van der Waals surface area contributed by atoms with Crippen LogP contribution in [0.25, 0.3) is 0 Å². The first kappa shape index (κ1) is 18.1. The Kier molecular flexibility index (Phi) is 5.84. The molecule has 6 heteroatoms. The zero-order valence-electron chi connectivity index (χ0n) is 13.6. The summed E-state index contributed by atoms with van der Waals surface area (Å²) >= 11 is 12.2. The number of aliphatic hydroxyl groups excluding tert-OH is 1. The predicted molar refractivity (Wildman–Crippen MR) is 99.7 cm³/mol. The van der Waals surface area contributed by atoms with E-state index in [1.807, 2.05) is 24.3 Å². The van der Waals surface area contributed by atoms with Crippen molar-refractivity contribution in [3.8, 4) is 5.75 Å². The highest BCUT2D eigenvalue weighted by molar-refractivity contribution is 6.35. The van der Waals surface area contributed by atoms with E-state index in [4.69, 9.17) is 33.0 Å². The molecule has 1 N–H and O–H groups in total. The molecule has 132 valence electrons. The van der Waals surface area contributed by atoms with E-state index in [0.717, 1.165) is 17.7 Å². The molecule has 1 amide bonds. The summed E-state index contributed by atoms with van der Waals surface area (Å²) in [5, 5.41) is 9.90. The van der Waals surface area contributed by atoms with Gasteiger partial charge in [-0.2, -0.15) is 0 Å². The van der Waals surface area contributed by atoms with Crippen LogP contribution in [0.2, 0.25) is 10.0 Å². The number of halogens is 2. The van der Waals surface area contributed by atoms with E-state index >= 15 is 0 Å². The number of anilines is 1. The van der Waals surface area contributed by atoms with Gasteiger partial charge in [0.1, 0.15) is 12.4 Å². The molecular weight excluding hydrogens is 361 g/mol. The van der Waals surface area contributed by atoms with E-state index in [2.05, 4.69) is 0 Å². The molecule has 1 fully saturated rings. The zero-order valence-corrected chi connectivity index (χ0v) is 15.1. The van der Waals surface area contributed by atoms with Gasteiger partial charge < -0.3 is 14.7 Å². The highest BCUT2D eigenvalue weighted by Crippen LogP contribution is 2.33. The van der Waals surface area contributed by atoms with Crippen molar-refractivity contribution in [1.82, 2.24) is 0 Å². The van der Waals surface area contributed by atoms with Crippen molar-refractivity contribution in [2.45, 2.75) is 25.3 Å². The molecule has 0 aliphatic carbocycles. The molecule has 1 saturated heterocycles.